The number of amides is 1. The number of alkyl halides is 3. The summed E-state index contributed by atoms with van der Waals surface area (Å²) in [4.78, 5) is 17.6. The molecule has 0 saturated heterocycles. The van der Waals surface area contributed by atoms with Gasteiger partial charge in [0.15, 0.2) is 0 Å². The molecule has 1 aromatic carbocycles. The minimum atomic E-state index is -4.42. The highest BCUT2D eigenvalue weighted by molar-refractivity contribution is 8.00. The van der Waals surface area contributed by atoms with Crippen molar-refractivity contribution in [3.05, 3.63) is 59.8 Å². The van der Waals surface area contributed by atoms with Crippen molar-refractivity contribution in [3.63, 3.8) is 0 Å². The van der Waals surface area contributed by atoms with E-state index in [9.17, 15) is 18.0 Å². The van der Waals surface area contributed by atoms with Crippen LogP contribution in [0.3, 0.4) is 0 Å². The highest BCUT2D eigenvalue weighted by Crippen LogP contribution is 2.36. The van der Waals surface area contributed by atoms with E-state index in [0.717, 1.165) is 29.6 Å². The molecule has 23 heavy (non-hydrogen) atoms. The zero-order valence-corrected chi connectivity index (χ0v) is 13.4. The van der Waals surface area contributed by atoms with Gasteiger partial charge in [-0.05, 0) is 17.7 Å². The predicted molar refractivity (Wildman–Crippen MR) is 83.0 cm³/mol. The third-order valence-corrected chi connectivity index (χ3v) is 4.26. The van der Waals surface area contributed by atoms with Crippen molar-refractivity contribution in [2.45, 2.75) is 16.5 Å². The molecule has 0 N–H and O–H groups in total. The molecule has 7 heteroatoms. The molecular formula is C16H15F3N2OS. The maximum atomic E-state index is 12.6. The third-order valence-electron chi connectivity index (χ3n) is 3.07. The number of benzene rings is 1. The molecule has 1 aromatic heterocycles. The number of aromatic nitrogens is 1. The predicted octanol–water partition coefficient (Wildman–Crippen LogP) is 4.02. The molecule has 2 rings (SSSR count). The second kappa shape index (κ2) is 7.04. The lowest BCUT2D eigenvalue weighted by molar-refractivity contribution is -0.138. The summed E-state index contributed by atoms with van der Waals surface area (Å²) in [5, 5.41) is -0.197. The fourth-order valence-corrected chi connectivity index (χ4v) is 2.97. The molecule has 122 valence electrons. The molecule has 0 spiro atoms. The van der Waals surface area contributed by atoms with Gasteiger partial charge >= 0.3 is 6.18 Å². The first-order valence-electron chi connectivity index (χ1n) is 6.75. The second-order valence-corrected chi connectivity index (χ2v) is 6.15. The van der Waals surface area contributed by atoms with Gasteiger partial charge in [0, 0.05) is 20.3 Å². The number of halogens is 3. The Morgan fingerprint density at radius 3 is 2.26 bits per heavy atom. The molecule has 3 nitrogen and oxygen atoms in total. The number of carbonyl (C=O) groups is 1. The zero-order chi connectivity index (χ0) is 17.0. The molecule has 0 radical (unpaired) electrons. The van der Waals surface area contributed by atoms with E-state index in [1.165, 1.54) is 11.0 Å². The highest BCUT2D eigenvalue weighted by Gasteiger charge is 2.31. The number of hydrogen-bond acceptors (Lipinski definition) is 3. The van der Waals surface area contributed by atoms with Gasteiger partial charge in [-0.1, -0.05) is 42.1 Å². The standard InChI is InChI=1S/C16H15F3N2OS/c1-21(2)15(22)14(11-6-4-3-5-7-11)23-13-9-8-12(10-20-13)16(17,18)19/h3-10,14H,1-2H3. The summed E-state index contributed by atoms with van der Waals surface area (Å²) < 4.78 is 37.7. The average molecular weight is 340 g/mol. The van der Waals surface area contributed by atoms with Crippen LogP contribution in [-0.2, 0) is 11.0 Å². The summed E-state index contributed by atoms with van der Waals surface area (Å²) in [7, 11) is 3.28. The molecule has 0 saturated carbocycles. The van der Waals surface area contributed by atoms with Crippen LogP contribution in [0.4, 0.5) is 13.2 Å². The van der Waals surface area contributed by atoms with E-state index in [4.69, 9.17) is 0 Å². The Hall–Kier alpha value is -2.02. The topological polar surface area (TPSA) is 33.2 Å². The van der Waals surface area contributed by atoms with Crippen LogP contribution in [0.1, 0.15) is 16.4 Å². The second-order valence-electron chi connectivity index (χ2n) is 5.02. The van der Waals surface area contributed by atoms with Gasteiger partial charge in [-0.2, -0.15) is 13.2 Å². The number of likely N-dealkylation sites (N-methyl/N-ethyl adjacent to an activating group) is 1. The quantitative estimate of drug-likeness (QED) is 0.788. The van der Waals surface area contributed by atoms with Crippen molar-refractivity contribution < 1.29 is 18.0 Å². The van der Waals surface area contributed by atoms with E-state index in [0.29, 0.717) is 5.03 Å². The Balaban J connectivity index is 2.26. The average Bonchev–Trinajstić information content (AvgIpc) is 2.52. The maximum absolute atomic E-state index is 12.6. The molecule has 0 bridgehead atoms. The van der Waals surface area contributed by atoms with Gasteiger partial charge < -0.3 is 4.90 Å². The van der Waals surface area contributed by atoms with E-state index in [2.05, 4.69) is 4.98 Å². The van der Waals surface area contributed by atoms with Crippen LogP contribution in [-0.4, -0.2) is 29.9 Å². The molecule has 1 heterocycles. The number of thioether (sulfide) groups is 1. The van der Waals surface area contributed by atoms with Gasteiger partial charge in [0.25, 0.3) is 0 Å². The molecule has 0 aliphatic heterocycles. The smallest absolute Gasteiger partial charge is 0.348 e. The normalized spacial score (nSPS) is 12.7. The first kappa shape index (κ1) is 17.3. The molecular weight excluding hydrogens is 325 g/mol. The molecule has 1 amide bonds. The lowest BCUT2D eigenvalue weighted by atomic mass is 10.1. The molecule has 1 atom stereocenters. The molecule has 0 aliphatic carbocycles. The number of carbonyl (C=O) groups excluding carboxylic acids is 1. The Kier molecular flexibility index (Phi) is 5.30. The van der Waals surface area contributed by atoms with Crippen molar-refractivity contribution in [1.29, 1.82) is 0 Å². The SMILES string of the molecule is CN(C)C(=O)C(Sc1ccc(C(F)(F)F)cn1)c1ccccc1. The zero-order valence-electron chi connectivity index (χ0n) is 12.5. The third kappa shape index (κ3) is 4.48. The van der Waals surface area contributed by atoms with E-state index in [1.54, 1.807) is 14.1 Å². The van der Waals surface area contributed by atoms with Crippen LogP contribution in [0, 0.1) is 0 Å². The van der Waals surface area contributed by atoms with Crippen LogP contribution < -0.4 is 0 Å². The monoisotopic (exact) mass is 340 g/mol. The molecule has 2 aromatic rings. The minimum Gasteiger partial charge on any atom is -0.348 e. The fourth-order valence-electron chi connectivity index (χ4n) is 1.86. The van der Waals surface area contributed by atoms with Crippen molar-refractivity contribution in [2.75, 3.05) is 14.1 Å². The van der Waals surface area contributed by atoms with Gasteiger partial charge in [0.2, 0.25) is 5.91 Å². The fraction of sp³-hybridized carbons (Fsp3) is 0.250. The van der Waals surface area contributed by atoms with Gasteiger partial charge in [0.05, 0.1) is 10.6 Å². The summed E-state index contributed by atoms with van der Waals surface area (Å²) in [5.41, 5.74) is -0.0325. The first-order chi connectivity index (χ1) is 10.8. The van der Waals surface area contributed by atoms with Crippen LogP contribution >= 0.6 is 11.8 Å². The summed E-state index contributed by atoms with van der Waals surface area (Å²) in [6.07, 6.45) is -3.64. The largest absolute Gasteiger partial charge is 0.417 e. The Bertz CT molecular complexity index is 657. The Morgan fingerprint density at radius 1 is 1.13 bits per heavy atom. The lowest BCUT2D eigenvalue weighted by Crippen LogP contribution is -2.26. The van der Waals surface area contributed by atoms with E-state index in [-0.39, 0.29) is 5.91 Å². The summed E-state index contributed by atoms with van der Waals surface area (Å²) >= 11 is 1.13. The van der Waals surface area contributed by atoms with Crippen LogP contribution in [0.5, 0.6) is 0 Å². The lowest BCUT2D eigenvalue weighted by Gasteiger charge is -2.20. The van der Waals surface area contributed by atoms with Gasteiger partial charge in [0.1, 0.15) is 5.25 Å². The Morgan fingerprint density at radius 2 is 1.78 bits per heavy atom. The summed E-state index contributed by atoms with van der Waals surface area (Å²) in [6, 6.07) is 11.3. The van der Waals surface area contributed by atoms with Crippen LogP contribution in [0.15, 0.2) is 53.7 Å². The molecule has 0 aliphatic rings. The number of nitrogens with zero attached hydrogens (tertiary/aromatic N) is 2. The van der Waals surface area contributed by atoms with Gasteiger partial charge in [-0.3, -0.25) is 4.79 Å². The number of hydrogen-bond donors (Lipinski definition) is 0. The van der Waals surface area contributed by atoms with Gasteiger partial charge in [-0.25, -0.2) is 4.98 Å². The van der Waals surface area contributed by atoms with Crippen LogP contribution in [0.25, 0.3) is 0 Å². The van der Waals surface area contributed by atoms with Crippen molar-refractivity contribution in [2.24, 2.45) is 0 Å². The highest BCUT2D eigenvalue weighted by atomic mass is 32.2. The minimum absolute atomic E-state index is 0.150. The maximum Gasteiger partial charge on any atom is 0.417 e. The van der Waals surface area contributed by atoms with Crippen molar-refractivity contribution >= 4 is 17.7 Å². The van der Waals surface area contributed by atoms with Crippen molar-refractivity contribution in [3.8, 4) is 0 Å². The van der Waals surface area contributed by atoms with Crippen LogP contribution in [0.2, 0.25) is 0 Å². The van der Waals surface area contributed by atoms with E-state index in [1.807, 2.05) is 30.3 Å². The summed E-state index contributed by atoms with van der Waals surface area (Å²) in [5.74, 6) is -0.150. The van der Waals surface area contributed by atoms with Crippen molar-refractivity contribution in [1.82, 2.24) is 9.88 Å². The number of rotatable bonds is 4. The van der Waals surface area contributed by atoms with E-state index >= 15 is 0 Å². The molecule has 1 unspecified atom stereocenters. The molecule has 0 fully saturated rings. The Labute approximate surface area is 136 Å². The number of pyridine rings is 1. The first-order valence-corrected chi connectivity index (χ1v) is 7.63. The van der Waals surface area contributed by atoms with Gasteiger partial charge in [-0.15, -0.1) is 0 Å². The summed E-state index contributed by atoms with van der Waals surface area (Å²) in [6.45, 7) is 0. The van der Waals surface area contributed by atoms with E-state index < -0.39 is 17.0 Å².